The van der Waals surface area contributed by atoms with Crippen molar-refractivity contribution >= 4 is 68.4 Å². The molecule has 0 N–H and O–H groups in total. The van der Waals surface area contributed by atoms with Gasteiger partial charge < -0.3 is 0 Å². The Bertz CT molecular complexity index is 658. The van der Waals surface area contributed by atoms with Crippen LogP contribution in [-0.4, -0.2) is 32.1 Å². The maximum atomic E-state index is 4.53. The van der Waals surface area contributed by atoms with Crippen molar-refractivity contribution in [1.82, 2.24) is 13.1 Å². The Kier molecular flexibility index (Phi) is 3.74. The molecule has 98 valence electrons. The van der Waals surface area contributed by atoms with E-state index in [9.17, 15) is 0 Å². The smallest absolute Gasteiger partial charge is 0.219 e. The third-order valence-electron chi connectivity index (χ3n) is 2.96. The number of aryl methyl sites for hydroxylation is 1. The maximum absolute atomic E-state index is 4.53. The second-order valence-corrected chi connectivity index (χ2v) is 6.33. The van der Waals surface area contributed by atoms with Gasteiger partial charge in [-0.15, -0.1) is 0 Å². The lowest BCUT2D eigenvalue weighted by Gasteiger charge is -2.22. The first-order chi connectivity index (χ1) is 9.18. The molecule has 0 atom stereocenters. The first kappa shape index (κ1) is 13.3. The molecule has 0 radical (unpaired) electrons. The van der Waals surface area contributed by atoms with Crippen molar-refractivity contribution in [1.29, 1.82) is 0 Å². The summed E-state index contributed by atoms with van der Waals surface area (Å²) in [7, 11) is 0. The third kappa shape index (κ3) is 2.37. The second kappa shape index (κ2) is 5.35. The summed E-state index contributed by atoms with van der Waals surface area (Å²) >= 11 is 4.56. The zero-order chi connectivity index (χ0) is 13.4. The number of benzene rings is 1. The topological polar surface area (TPSA) is 44.6 Å². The lowest BCUT2D eigenvalue weighted by Crippen LogP contribution is -2.29. The van der Waals surface area contributed by atoms with E-state index in [1.54, 1.807) is 12.4 Å². The molecule has 1 aliphatic rings. The number of aliphatic imine (C=N–C) groups is 1. The van der Waals surface area contributed by atoms with Gasteiger partial charge in [0.05, 0.1) is 70.0 Å². The van der Waals surface area contributed by atoms with Crippen LogP contribution in [0.1, 0.15) is 5.56 Å². The molecule has 0 aliphatic carbocycles. The van der Waals surface area contributed by atoms with Gasteiger partial charge in [0.15, 0.2) is 0 Å². The number of halogens is 2. The van der Waals surface area contributed by atoms with E-state index in [4.69, 9.17) is 0 Å². The normalized spacial score (nSPS) is 14.9. The lowest BCUT2D eigenvalue weighted by atomic mass is 10.1. The highest BCUT2D eigenvalue weighted by atomic mass is 127. The lowest BCUT2D eigenvalue weighted by molar-refractivity contribution is 0.779. The molecule has 7 heteroatoms. The van der Waals surface area contributed by atoms with Crippen molar-refractivity contribution in [2.75, 3.05) is 16.2 Å². The molecule has 0 spiro atoms. The van der Waals surface area contributed by atoms with Crippen LogP contribution in [0.3, 0.4) is 0 Å². The van der Waals surface area contributed by atoms with Gasteiger partial charge in [-0.1, -0.05) is 6.07 Å². The van der Waals surface area contributed by atoms with Crippen molar-refractivity contribution in [3.8, 4) is 0 Å². The van der Waals surface area contributed by atoms with Gasteiger partial charge >= 0.3 is 0 Å². The summed E-state index contributed by atoms with van der Waals surface area (Å²) in [6, 6.07) is 4.15. The molecule has 0 bridgehead atoms. The van der Waals surface area contributed by atoms with Crippen LogP contribution in [0.4, 0.5) is 5.69 Å². The van der Waals surface area contributed by atoms with Crippen LogP contribution in [0.15, 0.2) is 29.5 Å². The van der Waals surface area contributed by atoms with Crippen LogP contribution in [0.25, 0.3) is 11.0 Å². The summed E-state index contributed by atoms with van der Waals surface area (Å²) in [6.45, 7) is 3.84. The van der Waals surface area contributed by atoms with E-state index < -0.39 is 0 Å². The molecule has 5 nitrogen and oxygen atoms in total. The molecule has 2 aromatic rings. The molecule has 0 saturated heterocycles. The Morgan fingerprint density at radius 2 is 1.95 bits per heavy atom. The van der Waals surface area contributed by atoms with Crippen LogP contribution in [0.2, 0.25) is 0 Å². The number of aromatic nitrogens is 2. The molecule has 2 heterocycles. The standard InChI is InChI=1S/C12H11I2N5/c1-8-2-3-9(11-10(8)15-4-5-16-11)19(14)12-17-6-7-18(12)13/h2-5H,6-7H2,1H3. The van der Waals surface area contributed by atoms with Crippen LogP contribution >= 0.6 is 45.7 Å². The maximum Gasteiger partial charge on any atom is 0.219 e. The van der Waals surface area contributed by atoms with Gasteiger partial charge in [0.2, 0.25) is 5.96 Å². The zero-order valence-electron chi connectivity index (χ0n) is 10.2. The number of hydrogen-bond donors (Lipinski definition) is 0. The average molecular weight is 479 g/mol. The highest BCUT2D eigenvalue weighted by Crippen LogP contribution is 2.30. The van der Waals surface area contributed by atoms with E-state index in [1.165, 1.54) is 0 Å². The fourth-order valence-corrected chi connectivity index (χ4v) is 3.81. The molecule has 1 aromatic carbocycles. The minimum atomic E-state index is 0.841. The van der Waals surface area contributed by atoms with E-state index in [2.05, 4.69) is 82.9 Å². The van der Waals surface area contributed by atoms with Gasteiger partial charge in [-0.3, -0.25) is 13.1 Å². The Morgan fingerprint density at radius 1 is 1.21 bits per heavy atom. The van der Waals surface area contributed by atoms with Gasteiger partial charge in [-0.05, 0) is 18.6 Å². The zero-order valence-corrected chi connectivity index (χ0v) is 14.5. The number of fused-ring (bicyclic) bond motifs is 1. The van der Waals surface area contributed by atoms with Crippen LogP contribution in [0, 0.1) is 6.92 Å². The molecule has 0 saturated carbocycles. The summed E-state index contributed by atoms with van der Waals surface area (Å²) in [4.78, 5) is 13.4. The average Bonchev–Trinajstić information content (AvgIpc) is 2.85. The fourth-order valence-electron chi connectivity index (χ4n) is 2.01. The minimum absolute atomic E-state index is 0.841. The first-order valence-corrected chi connectivity index (χ1v) is 7.75. The van der Waals surface area contributed by atoms with Crippen molar-refractivity contribution in [2.45, 2.75) is 6.92 Å². The first-order valence-electron chi connectivity index (χ1n) is 5.82. The summed E-state index contributed by atoms with van der Waals surface area (Å²) in [5.74, 6) is 0.956. The Balaban J connectivity index is 2.13. The number of guanidine groups is 1. The summed E-state index contributed by atoms with van der Waals surface area (Å²) < 4.78 is 4.17. The predicted molar refractivity (Wildman–Crippen MR) is 93.8 cm³/mol. The molecule has 0 amide bonds. The molecule has 0 unspecified atom stereocenters. The third-order valence-corrected chi connectivity index (χ3v) is 4.82. The molecular formula is C12H11I2N5. The molecule has 1 aliphatic heterocycles. The second-order valence-electron chi connectivity index (χ2n) is 4.20. The Labute approximate surface area is 139 Å². The Hall–Kier alpha value is -0.710. The van der Waals surface area contributed by atoms with Crippen LogP contribution < -0.4 is 3.11 Å². The molecule has 19 heavy (non-hydrogen) atoms. The molecule has 3 rings (SSSR count). The molecular weight excluding hydrogens is 468 g/mol. The number of rotatable bonds is 1. The van der Waals surface area contributed by atoms with E-state index in [0.29, 0.717) is 0 Å². The van der Waals surface area contributed by atoms with E-state index in [0.717, 1.165) is 41.3 Å². The highest BCUT2D eigenvalue weighted by Gasteiger charge is 2.23. The largest absolute Gasteiger partial charge is 0.282 e. The fraction of sp³-hybridized carbons (Fsp3) is 0.250. The van der Waals surface area contributed by atoms with Gasteiger partial charge in [0.1, 0.15) is 5.52 Å². The van der Waals surface area contributed by atoms with E-state index in [-0.39, 0.29) is 0 Å². The van der Waals surface area contributed by atoms with Crippen LogP contribution in [-0.2, 0) is 0 Å². The van der Waals surface area contributed by atoms with Gasteiger partial charge in [0.25, 0.3) is 0 Å². The Morgan fingerprint density at radius 3 is 2.63 bits per heavy atom. The monoisotopic (exact) mass is 479 g/mol. The SMILES string of the molecule is Cc1ccc(N(I)C2=NCCN2I)c2nccnc12. The van der Waals surface area contributed by atoms with E-state index in [1.807, 2.05) is 3.11 Å². The number of anilines is 1. The molecule has 0 fully saturated rings. The summed E-state index contributed by atoms with van der Waals surface area (Å²) in [5.41, 5.74) is 4.02. The van der Waals surface area contributed by atoms with Crippen molar-refractivity contribution in [3.63, 3.8) is 0 Å². The van der Waals surface area contributed by atoms with Gasteiger partial charge in [-0.2, -0.15) is 0 Å². The highest BCUT2D eigenvalue weighted by molar-refractivity contribution is 14.1. The minimum Gasteiger partial charge on any atom is -0.282 e. The van der Waals surface area contributed by atoms with Crippen molar-refractivity contribution in [3.05, 3.63) is 30.1 Å². The van der Waals surface area contributed by atoms with Gasteiger partial charge in [-0.25, -0.2) is 8.11 Å². The predicted octanol–water partition coefficient (Wildman–Crippen LogP) is 3.12. The summed E-state index contributed by atoms with van der Waals surface area (Å²) in [6.07, 6.45) is 3.46. The summed E-state index contributed by atoms with van der Waals surface area (Å²) in [5, 5.41) is 0. The van der Waals surface area contributed by atoms with Crippen molar-refractivity contribution < 1.29 is 0 Å². The van der Waals surface area contributed by atoms with Crippen LogP contribution in [0.5, 0.6) is 0 Å². The number of hydrogen-bond acceptors (Lipinski definition) is 5. The molecule has 1 aromatic heterocycles. The van der Waals surface area contributed by atoms with Gasteiger partial charge in [0, 0.05) is 12.4 Å². The quantitative estimate of drug-likeness (QED) is 0.466. The van der Waals surface area contributed by atoms with Crippen molar-refractivity contribution in [2.24, 2.45) is 4.99 Å². The van der Waals surface area contributed by atoms with E-state index >= 15 is 0 Å². The number of nitrogens with zero attached hydrogens (tertiary/aromatic N) is 5.